The average Bonchev–Trinajstić information content (AvgIpc) is 3.17. The Balaban J connectivity index is 1.29. The zero-order chi connectivity index (χ0) is 24.4. The number of nitrogens with one attached hydrogen (secondary N) is 1. The third-order valence-electron chi connectivity index (χ3n) is 7.35. The second kappa shape index (κ2) is 10.6. The van der Waals surface area contributed by atoms with Crippen molar-refractivity contribution in [2.45, 2.75) is 57.2 Å². The molecular formula is C25H32ClN5O4. The molecule has 2 aliphatic rings. The molecule has 2 aromatic heterocycles. The van der Waals surface area contributed by atoms with E-state index in [4.69, 9.17) is 16.3 Å². The third kappa shape index (κ3) is 4.77. The van der Waals surface area contributed by atoms with Gasteiger partial charge in [-0.25, -0.2) is 9.48 Å². The first-order valence-electron chi connectivity index (χ1n) is 12.5. The van der Waals surface area contributed by atoms with E-state index < -0.39 is 0 Å². The smallest absolute Gasteiger partial charge is 0.329 e. The molecule has 1 atom stereocenters. The number of anilines is 1. The highest BCUT2D eigenvalue weighted by Gasteiger charge is 2.28. The highest BCUT2D eigenvalue weighted by molar-refractivity contribution is 6.32. The van der Waals surface area contributed by atoms with Gasteiger partial charge in [-0.1, -0.05) is 23.7 Å². The highest BCUT2D eigenvalue weighted by Crippen LogP contribution is 2.35. The molecule has 1 saturated heterocycles. The number of para-hydroxylation sites is 2. The lowest BCUT2D eigenvalue weighted by Crippen LogP contribution is -2.34. The fourth-order valence-electron chi connectivity index (χ4n) is 5.51. The van der Waals surface area contributed by atoms with Crippen LogP contribution in [0.2, 0.25) is 5.02 Å². The Morgan fingerprint density at radius 2 is 1.83 bits per heavy atom. The molecule has 1 unspecified atom stereocenters. The summed E-state index contributed by atoms with van der Waals surface area (Å²) in [6.07, 6.45) is 6.76. The number of fused-ring (bicyclic) bond motifs is 1. The van der Waals surface area contributed by atoms with Gasteiger partial charge in [-0.05, 0) is 56.6 Å². The molecule has 0 amide bonds. The first-order valence-corrected chi connectivity index (χ1v) is 12.9. The number of aliphatic hydroxyl groups excluding tert-OH is 1. The van der Waals surface area contributed by atoms with Gasteiger partial charge in [-0.15, -0.1) is 0 Å². The van der Waals surface area contributed by atoms with Gasteiger partial charge in [-0.3, -0.25) is 13.9 Å². The standard InChI is InChI=1S/C25H32ClN5O4/c26-23-20(27-14-17-4-3-13-35-16-17)15-28-31(24(23)33)19-9-7-18(8-10-19)30-22-6-2-1-5-21(22)29(11-12-32)25(30)34/h1-2,5-6,15,17-19,27,32H,3-4,7-14,16H2/t17?,18-,19+. The Hall–Kier alpha value is -2.62. The quantitative estimate of drug-likeness (QED) is 0.515. The number of hydrogen-bond acceptors (Lipinski definition) is 6. The summed E-state index contributed by atoms with van der Waals surface area (Å²) in [7, 11) is 0. The van der Waals surface area contributed by atoms with E-state index in [9.17, 15) is 14.7 Å². The van der Waals surface area contributed by atoms with Gasteiger partial charge >= 0.3 is 5.69 Å². The van der Waals surface area contributed by atoms with Gasteiger partial charge in [0.1, 0.15) is 5.02 Å². The highest BCUT2D eigenvalue weighted by atomic mass is 35.5. The Bertz CT molecular complexity index is 1290. The summed E-state index contributed by atoms with van der Waals surface area (Å²) >= 11 is 6.44. The van der Waals surface area contributed by atoms with Crippen molar-refractivity contribution < 1.29 is 9.84 Å². The van der Waals surface area contributed by atoms with Crippen LogP contribution in [0.25, 0.3) is 11.0 Å². The summed E-state index contributed by atoms with van der Waals surface area (Å²) in [4.78, 5) is 26.2. The van der Waals surface area contributed by atoms with Crippen LogP contribution >= 0.6 is 11.6 Å². The predicted molar refractivity (Wildman–Crippen MR) is 135 cm³/mol. The van der Waals surface area contributed by atoms with Crippen LogP contribution in [-0.4, -0.2) is 50.4 Å². The van der Waals surface area contributed by atoms with Crippen LogP contribution in [-0.2, 0) is 11.3 Å². The van der Waals surface area contributed by atoms with Crippen LogP contribution < -0.4 is 16.6 Å². The van der Waals surface area contributed by atoms with E-state index in [0.717, 1.165) is 62.8 Å². The van der Waals surface area contributed by atoms with Crippen molar-refractivity contribution in [1.82, 2.24) is 18.9 Å². The van der Waals surface area contributed by atoms with Crippen molar-refractivity contribution in [1.29, 1.82) is 0 Å². The van der Waals surface area contributed by atoms with Gasteiger partial charge in [0, 0.05) is 19.2 Å². The number of halogens is 1. The molecule has 1 aliphatic carbocycles. The molecule has 1 saturated carbocycles. The molecule has 2 fully saturated rings. The van der Waals surface area contributed by atoms with Crippen LogP contribution in [0.1, 0.15) is 50.6 Å². The number of imidazole rings is 1. The van der Waals surface area contributed by atoms with Gasteiger partial charge in [0.05, 0.1) is 48.7 Å². The maximum atomic E-state index is 13.2. The normalized spacial score (nSPS) is 23.0. The van der Waals surface area contributed by atoms with Crippen molar-refractivity contribution in [3.8, 4) is 0 Å². The Morgan fingerprint density at radius 3 is 2.54 bits per heavy atom. The lowest BCUT2D eigenvalue weighted by Gasteiger charge is -2.30. The van der Waals surface area contributed by atoms with Crippen molar-refractivity contribution in [3.05, 3.63) is 56.3 Å². The van der Waals surface area contributed by atoms with E-state index in [0.29, 0.717) is 18.2 Å². The van der Waals surface area contributed by atoms with Crippen LogP contribution in [0.3, 0.4) is 0 Å². The monoisotopic (exact) mass is 501 g/mol. The number of ether oxygens (including phenoxy) is 1. The van der Waals surface area contributed by atoms with E-state index in [2.05, 4.69) is 10.4 Å². The van der Waals surface area contributed by atoms with Gasteiger partial charge in [0.15, 0.2) is 0 Å². The minimum Gasteiger partial charge on any atom is -0.395 e. The summed E-state index contributed by atoms with van der Waals surface area (Å²) < 4.78 is 10.5. The fraction of sp³-hybridized carbons (Fsp3) is 0.560. The van der Waals surface area contributed by atoms with E-state index in [1.807, 2.05) is 28.8 Å². The number of aromatic nitrogens is 4. The molecule has 1 aromatic carbocycles. The number of benzene rings is 1. The van der Waals surface area contributed by atoms with Crippen LogP contribution in [0, 0.1) is 5.92 Å². The van der Waals surface area contributed by atoms with E-state index in [1.165, 1.54) is 4.68 Å². The lowest BCUT2D eigenvalue weighted by atomic mass is 9.91. The molecule has 0 spiro atoms. The molecule has 5 rings (SSSR count). The van der Waals surface area contributed by atoms with Crippen molar-refractivity contribution >= 4 is 28.3 Å². The van der Waals surface area contributed by atoms with Crippen LogP contribution in [0.5, 0.6) is 0 Å². The molecule has 2 N–H and O–H groups in total. The number of hydrogen-bond donors (Lipinski definition) is 2. The maximum absolute atomic E-state index is 13.2. The molecule has 1 aliphatic heterocycles. The average molecular weight is 502 g/mol. The minimum atomic E-state index is -0.281. The summed E-state index contributed by atoms with van der Waals surface area (Å²) in [6, 6.07) is 7.67. The molecule has 3 heterocycles. The topological polar surface area (TPSA) is 103 Å². The van der Waals surface area contributed by atoms with E-state index in [1.54, 1.807) is 10.8 Å². The van der Waals surface area contributed by atoms with E-state index in [-0.39, 0.29) is 41.5 Å². The summed E-state index contributed by atoms with van der Waals surface area (Å²) in [5.41, 5.74) is 1.90. The summed E-state index contributed by atoms with van der Waals surface area (Å²) in [6.45, 7) is 2.42. The van der Waals surface area contributed by atoms with Crippen molar-refractivity contribution in [3.63, 3.8) is 0 Å². The molecule has 0 radical (unpaired) electrons. The largest absolute Gasteiger partial charge is 0.395 e. The molecular weight excluding hydrogens is 470 g/mol. The van der Waals surface area contributed by atoms with Gasteiger partial charge in [0.2, 0.25) is 0 Å². The molecule has 0 bridgehead atoms. The van der Waals surface area contributed by atoms with E-state index >= 15 is 0 Å². The maximum Gasteiger partial charge on any atom is 0.329 e. The zero-order valence-electron chi connectivity index (χ0n) is 19.7. The van der Waals surface area contributed by atoms with Crippen LogP contribution in [0.15, 0.2) is 40.1 Å². The number of nitrogens with zero attached hydrogens (tertiary/aromatic N) is 4. The first kappa shape index (κ1) is 24.1. The zero-order valence-corrected chi connectivity index (χ0v) is 20.5. The third-order valence-corrected chi connectivity index (χ3v) is 7.71. The SMILES string of the molecule is O=c1c(Cl)c(NCC2CCCOC2)cnn1[C@H]1CC[C@@H](n2c(=O)n(CCO)c3ccccc32)CC1. The van der Waals surface area contributed by atoms with Crippen molar-refractivity contribution in [2.24, 2.45) is 5.92 Å². The first-order chi connectivity index (χ1) is 17.1. The van der Waals surface area contributed by atoms with Crippen LogP contribution in [0.4, 0.5) is 5.69 Å². The van der Waals surface area contributed by atoms with Gasteiger partial charge in [0.25, 0.3) is 5.56 Å². The lowest BCUT2D eigenvalue weighted by molar-refractivity contribution is 0.0595. The second-order valence-corrected chi connectivity index (χ2v) is 9.94. The molecule has 188 valence electrons. The minimum absolute atomic E-state index is 0.0356. The predicted octanol–water partition coefficient (Wildman–Crippen LogP) is 3.20. The second-order valence-electron chi connectivity index (χ2n) is 9.56. The molecule has 35 heavy (non-hydrogen) atoms. The molecule has 9 nitrogen and oxygen atoms in total. The Morgan fingerprint density at radius 1 is 1.09 bits per heavy atom. The molecule has 10 heteroatoms. The number of aliphatic hydroxyl groups is 1. The summed E-state index contributed by atoms with van der Waals surface area (Å²) in [5, 5.41) is 17.3. The number of rotatable bonds is 7. The Labute approximate surface area is 208 Å². The van der Waals surface area contributed by atoms with Gasteiger partial charge < -0.3 is 15.2 Å². The van der Waals surface area contributed by atoms with Gasteiger partial charge in [-0.2, -0.15) is 5.10 Å². The fourth-order valence-corrected chi connectivity index (χ4v) is 5.72. The van der Waals surface area contributed by atoms with Crippen molar-refractivity contribution in [2.75, 3.05) is 31.7 Å². The molecule has 3 aromatic rings. The summed E-state index contributed by atoms with van der Waals surface area (Å²) in [5.74, 6) is 0.407. The Kier molecular flexibility index (Phi) is 7.27.